The van der Waals surface area contributed by atoms with E-state index >= 15 is 4.39 Å². The van der Waals surface area contributed by atoms with Crippen LogP contribution in [0.3, 0.4) is 0 Å². The number of benzene rings is 2. The number of phenolic OH excluding ortho intramolecular Hbond substituents is 1. The van der Waals surface area contributed by atoms with E-state index in [9.17, 15) is 18.7 Å². The van der Waals surface area contributed by atoms with Crippen LogP contribution in [0.2, 0.25) is 0 Å². The smallest absolute Gasteiger partial charge is 0.428 e. The second-order valence-corrected chi connectivity index (χ2v) is 12.5. The summed E-state index contributed by atoms with van der Waals surface area (Å²) in [5.41, 5.74) is -0.943. The number of nitrogens with zero attached hydrogens (tertiary/aromatic N) is 6. The highest BCUT2D eigenvalue weighted by atomic mass is 19.1. The minimum absolute atomic E-state index is 0.0721. The van der Waals surface area contributed by atoms with Gasteiger partial charge in [-0.15, -0.1) is 6.42 Å². The van der Waals surface area contributed by atoms with Gasteiger partial charge in [-0.3, -0.25) is 14.9 Å². The number of ether oxygens (including phenoxy) is 2. The second kappa shape index (κ2) is 12.6. The fraction of sp³-hybridized carbons (Fsp3) is 0.429. The summed E-state index contributed by atoms with van der Waals surface area (Å²) < 4.78 is 57.9. The molecule has 2 aromatic heterocycles. The number of carbonyl (C=O) groups excluding carboxylic acids is 1. The van der Waals surface area contributed by atoms with E-state index in [1.54, 1.807) is 11.9 Å². The van der Waals surface area contributed by atoms with Crippen molar-refractivity contribution >= 4 is 33.6 Å². The Bertz CT molecular complexity index is 1950. The molecule has 13 heteroatoms. The number of alkyl halides is 1. The zero-order valence-corrected chi connectivity index (χ0v) is 26.5. The molecule has 3 saturated heterocycles. The number of hydrogen-bond acceptors (Lipinski definition) is 9. The lowest BCUT2D eigenvalue weighted by Crippen LogP contribution is -2.47. The van der Waals surface area contributed by atoms with E-state index in [1.165, 1.54) is 35.5 Å². The number of halogens is 3. The van der Waals surface area contributed by atoms with Gasteiger partial charge in [0.15, 0.2) is 11.6 Å². The molecule has 4 aromatic rings. The van der Waals surface area contributed by atoms with Crippen molar-refractivity contribution in [2.24, 2.45) is 0 Å². The summed E-state index contributed by atoms with van der Waals surface area (Å²) in [6.45, 7) is 3.79. The summed E-state index contributed by atoms with van der Waals surface area (Å²) in [4.78, 5) is 28.9. The molecule has 0 bridgehead atoms. The van der Waals surface area contributed by atoms with E-state index in [-0.39, 0.29) is 63.9 Å². The predicted octanol–water partition coefficient (Wildman–Crippen LogP) is 6.13. The Kier molecular flexibility index (Phi) is 8.37. The van der Waals surface area contributed by atoms with Crippen molar-refractivity contribution in [1.29, 1.82) is 0 Å². The number of hydrogen-bond donors (Lipinski definition) is 1. The van der Waals surface area contributed by atoms with Crippen LogP contribution in [0.5, 0.6) is 11.8 Å². The van der Waals surface area contributed by atoms with Crippen LogP contribution in [0.15, 0.2) is 30.5 Å². The molecule has 0 saturated carbocycles. The third-order valence-electron chi connectivity index (χ3n) is 9.58. The molecule has 0 unspecified atom stereocenters. The van der Waals surface area contributed by atoms with Crippen LogP contribution in [0.1, 0.15) is 51.0 Å². The van der Waals surface area contributed by atoms with E-state index in [4.69, 9.17) is 20.9 Å². The zero-order chi connectivity index (χ0) is 33.6. The quantitative estimate of drug-likeness (QED) is 0.245. The Morgan fingerprint density at radius 2 is 1.98 bits per heavy atom. The van der Waals surface area contributed by atoms with Gasteiger partial charge in [-0.1, -0.05) is 12.0 Å². The molecule has 2 aromatic carbocycles. The van der Waals surface area contributed by atoms with Crippen molar-refractivity contribution < 1.29 is 32.5 Å². The fourth-order valence-corrected chi connectivity index (χ4v) is 7.42. The van der Waals surface area contributed by atoms with Crippen molar-refractivity contribution in [3.8, 4) is 35.4 Å². The Morgan fingerprint density at radius 3 is 2.79 bits per heavy atom. The number of phenols is 1. The average molecular weight is 661 g/mol. The highest BCUT2D eigenvalue weighted by Crippen LogP contribution is 2.42. The number of anilines is 1. The van der Waals surface area contributed by atoms with Crippen molar-refractivity contribution in [2.45, 2.75) is 57.2 Å². The third-order valence-corrected chi connectivity index (χ3v) is 9.58. The van der Waals surface area contributed by atoms with Crippen LogP contribution in [0.4, 0.5) is 23.8 Å². The lowest BCUT2D eigenvalue weighted by molar-refractivity contribution is 0.102. The summed E-state index contributed by atoms with van der Waals surface area (Å²) in [5, 5.41) is 14.4. The molecule has 0 radical (unpaired) electrons. The maximum Gasteiger partial charge on any atom is 0.428 e. The molecule has 10 nitrogen and oxygen atoms in total. The van der Waals surface area contributed by atoms with E-state index in [2.05, 4.69) is 20.8 Å². The van der Waals surface area contributed by atoms with Crippen LogP contribution in [0.25, 0.3) is 32.9 Å². The van der Waals surface area contributed by atoms with Gasteiger partial charge in [0.1, 0.15) is 35.6 Å². The van der Waals surface area contributed by atoms with Crippen molar-refractivity contribution in [2.75, 3.05) is 44.4 Å². The van der Waals surface area contributed by atoms with Gasteiger partial charge < -0.3 is 14.6 Å². The molecule has 5 heterocycles. The number of aromatic hydroxyl groups is 1. The lowest BCUT2D eigenvalue weighted by atomic mass is 9.95. The largest absolute Gasteiger partial charge is 0.508 e. The van der Waals surface area contributed by atoms with Crippen LogP contribution in [-0.2, 0) is 4.74 Å². The van der Waals surface area contributed by atoms with Gasteiger partial charge in [0.2, 0.25) is 0 Å². The number of aromatic nitrogens is 3. The Labute approximate surface area is 275 Å². The molecule has 3 fully saturated rings. The second-order valence-electron chi connectivity index (χ2n) is 12.5. The molecular weight excluding hydrogens is 625 g/mol. The van der Waals surface area contributed by atoms with Crippen molar-refractivity contribution in [1.82, 2.24) is 24.9 Å². The summed E-state index contributed by atoms with van der Waals surface area (Å²) in [7, 11) is 0. The molecule has 0 spiro atoms. The predicted molar refractivity (Wildman–Crippen MR) is 173 cm³/mol. The fourth-order valence-electron chi connectivity index (χ4n) is 7.42. The molecule has 0 aliphatic carbocycles. The van der Waals surface area contributed by atoms with Gasteiger partial charge in [-0.25, -0.2) is 23.0 Å². The summed E-state index contributed by atoms with van der Waals surface area (Å²) >= 11 is 0. The number of amides is 1. The van der Waals surface area contributed by atoms with E-state index in [1.807, 2.05) is 0 Å². The molecule has 3 aliphatic heterocycles. The van der Waals surface area contributed by atoms with Crippen molar-refractivity contribution in [3.63, 3.8) is 0 Å². The van der Waals surface area contributed by atoms with Crippen molar-refractivity contribution in [3.05, 3.63) is 47.7 Å². The first-order valence-corrected chi connectivity index (χ1v) is 16.2. The SMILES string of the molecule is C#Cc1c(F)ccc2cc(O)cc(-c3ncc4c(N5CCCCCN5C(=O)OCC)nc(OC[C@@]56CCCN5C[C@H](F)C6)nc4c3F)c12. The lowest BCUT2D eigenvalue weighted by Gasteiger charge is -2.34. The molecule has 2 atom stereocenters. The maximum absolute atomic E-state index is 16.9. The molecule has 1 N–H and O–H groups in total. The number of rotatable bonds is 6. The van der Waals surface area contributed by atoms with Crippen LogP contribution in [0, 0.1) is 24.0 Å². The highest BCUT2D eigenvalue weighted by Gasteiger charge is 2.49. The molecular formula is C35H35F3N6O4. The van der Waals surface area contributed by atoms with Gasteiger partial charge in [0.05, 0.1) is 23.1 Å². The van der Waals surface area contributed by atoms with E-state index in [0.29, 0.717) is 31.4 Å². The first kappa shape index (κ1) is 31.8. The van der Waals surface area contributed by atoms with Gasteiger partial charge in [-0.2, -0.15) is 9.97 Å². The minimum Gasteiger partial charge on any atom is -0.508 e. The monoisotopic (exact) mass is 660 g/mol. The van der Waals surface area contributed by atoms with Crippen LogP contribution < -0.4 is 9.75 Å². The number of terminal acetylenes is 1. The normalized spacial score (nSPS) is 21.4. The Hall–Kier alpha value is -4.83. The average Bonchev–Trinajstić information content (AvgIpc) is 3.47. The topological polar surface area (TPSA) is 104 Å². The first-order chi connectivity index (χ1) is 23.2. The number of hydrazine groups is 1. The zero-order valence-electron chi connectivity index (χ0n) is 26.5. The summed E-state index contributed by atoms with van der Waals surface area (Å²) in [6, 6.07) is 5.16. The highest BCUT2D eigenvalue weighted by molar-refractivity contribution is 6.03. The minimum atomic E-state index is -0.974. The third kappa shape index (κ3) is 5.47. The van der Waals surface area contributed by atoms with Crippen LogP contribution >= 0.6 is 0 Å². The molecule has 250 valence electrons. The first-order valence-electron chi connectivity index (χ1n) is 16.2. The number of fused-ring (bicyclic) bond motifs is 3. The molecule has 3 aliphatic rings. The standard InChI is InChI=1S/C35H35F3N6O4/c1-3-24-27(37)10-9-21-15-23(45)16-25(28(21)24)30-29(38)31-26(18-39-30)32(43-13-6-5-7-14-44(43)34(46)47-4-2)41-33(40-31)48-20-35-11-8-12-42(35)19-22(36)17-35/h1,9-10,15-16,18,22,45H,4-8,11-14,17,19-20H2,2H3/t22-,35+/m1/s1. The Morgan fingerprint density at radius 1 is 1.15 bits per heavy atom. The van der Waals surface area contributed by atoms with E-state index in [0.717, 1.165) is 38.6 Å². The van der Waals surface area contributed by atoms with E-state index < -0.39 is 29.4 Å². The number of pyridine rings is 1. The van der Waals surface area contributed by atoms with Gasteiger partial charge in [0.25, 0.3) is 0 Å². The molecule has 7 rings (SSSR count). The van der Waals surface area contributed by atoms with Crippen LogP contribution in [-0.4, -0.2) is 87.2 Å². The molecule has 48 heavy (non-hydrogen) atoms. The number of carbonyl (C=O) groups is 1. The Balaban J connectivity index is 1.41. The van der Waals surface area contributed by atoms with Gasteiger partial charge in [-0.05, 0) is 69.2 Å². The van der Waals surface area contributed by atoms with Gasteiger partial charge in [0, 0.05) is 43.2 Å². The summed E-state index contributed by atoms with van der Waals surface area (Å²) in [5.74, 6) is 0.771. The van der Waals surface area contributed by atoms with Gasteiger partial charge >= 0.3 is 12.1 Å². The maximum atomic E-state index is 16.9. The molecule has 1 amide bonds. The summed E-state index contributed by atoms with van der Waals surface area (Å²) in [6.07, 6.45) is 9.77.